The molecule has 36 heavy (non-hydrogen) atoms. The number of halogens is 2. The summed E-state index contributed by atoms with van der Waals surface area (Å²) in [5.41, 5.74) is 6.93. The van der Waals surface area contributed by atoms with Crippen LogP contribution < -0.4 is 10.9 Å². The van der Waals surface area contributed by atoms with Crippen molar-refractivity contribution in [3.63, 3.8) is 0 Å². The van der Waals surface area contributed by atoms with Crippen LogP contribution in [0.25, 0.3) is 21.9 Å². The molecule has 0 bridgehead atoms. The zero-order valence-electron chi connectivity index (χ0n) is 21.6. The van der Waals surface area contributed by atoms with Crippen LogP contribution in [0.1, 0.15) is 33.4 Å². The molecule has 0 aliphatic heterocycles. The minimum absolute atomic E-state index is 0. The maximum absolute atomic E-state index is 13.0. The Bertz CT molecular complexity index is 1380. The van der Waals surface area contributed by atoms with Gasteiger partial charge in [-0.2, -0.15) is 0 Å². The van der Waals surface area contributed by atoms with Crippen molar-refractivity contribution >= 4 is 46.8 Å². The van der Waals surface area contributed by atoms with E-state index < -0.39 is 0 Å². The average molecular weight is 533 g/mol. The van der Waals surface area contributed by atoms with E-state index in [4.69, 9.17) is 8.83 Å². The van der Waals surface area contributed by atoms with E-state index in [-0.39, 0.29) is 35.7 Å². The minimum atomic E-state index is 0. The summed E-state index contributed by atoms with van der Waals surface area (Å²) in [6.45, 7) is 10.5. The molecule has 0 radical (unpaired) electrons. The summed E-state index contributed by atoms with van der Waals surface area (Å²) in [5.74, 6) is 0. The summed E-state index contributed by atoms with van der Waals surface area (Å²) in [5, 5.41) is 1.25. The van der Waals surface area contributed by atoms with E-state index in [2.05, 4.69) is 9.80 Å². The quantitative estimate of drug-likeness (QED) is 0.311. The van der Waals surface area contributed by atoms with Gasteiger partial charge in [0.15, 0.2) is 10.9 Å². The fourth-order valence-electron chi connectivity index (χ4n) is 4.15. The highest BCUT2D eigenvalue weighted by molar-refractivity contribution is 5.85. The molecule has 2 aromatic heterocycles. The van der Waals surface area contributed by atoms with E-state index in [1.165, 1.54) is 0 Å². The van der Waals surface area contributed by atoms with Crippen LogP contribution in [0.4, 0.5) is 0 Å². The first-order valence-corrected chi connectivity index (χ1v) is 11.5. The lowest BCUT2D eigenvalue weighted by molar-refractivity contribution is 0.244. The maximum atomic E-state index is 13.0. The molecule has 2 heterocycles. The number of hydrogen-bond donors (Lipinski definition) is 0. The fourth-order valence-corrected chi connectivity index (χ4v) is 4.15. The normalized spacial score (nSPS) is 11.2. The van der Waals surface area contributed by atoms with Gasteiger partial charge in [-0.3, -0.25) is 9.59 Å². The van der Waals surface area contributed by atoms with Crippen LogP contribution >= 0.6 is 24.8 Å². The Labute approximate surface area is 223 Å². The van der Waals surface area contributed by atoms with Crippen molar-refractivity contribution in [1.82, 2.24) is 9.80 Å². The maximum Gasteiger partial charge on any atom is 0.197 e. The Morgan fingerprint density at radius 1 is 0.611 bits per heavy atom. The highest BCUT2D eigenvalue weighted by atomic mass is 35.5. The summed E-state index contributed by atoms with van der Waals surface area (Å²) in [6, 6.07) is 7.65. The van der Waals surface area contributed by atoms with E-state index in [0.29, 0.717) is 46.2 Å². The molecule has 0 atom stereocenters. The summed E-state index contributed by atoms with van der Waals surface area (Å²) >= 11 is 0. The van der Waals surface area contributed by atoms with Crippen LogP contribution in [0, 0.1) is 27.7 Å². The zero-order chi connectivity index (χ0) is 24.6. The molecule has 0 aliphatic carbocycles. The predicted octanol–water partition coefficient (Wildman–Crippen LogP) is 5.54. The van der Waals surface area contributed by atoms with Crippen molar-refractivity contribution in [3.05, 3.63) is 90.6 Å². The molecule has 0 unspecified atom stereocenters. The van der Waals surface area contributed by atoms with Gasteiger partial charge in [-0.05, 0) is 88.3 Å². The van der Waals surface area contributed by atoms with Crippen molar-refractivity contribution in [2.45, 2.75) is 40.8 Å². The van der Waals surface area contributed by atoms with Gasteiger partial charge in [0.2, 0.25) is 0 Å². The van der Waals surface area contributed by atoms with Crippen LogP contribution in [0.5, 0.6) is 0 Å². The van der Waals surface area contributed by atoms with Crippen molar-refractivity contribution in [2.24, 2.45) is 0 Å². The average Bonchev–Trinajstić information content (AvgIpc) is 2.79. The zero-order valence-corrected chi connectivity index (χ0v) is 23.3. The van der Waals surface area contributed by atoms with E-state index >= 15 is 0 Å². The molecule has 0 amide bonds. The Kier molecular flexibility index (Phi) is 9.92. The van der Waals surface area contributed by atoms with E-state index in [0.717, 1.165) is 35.3 Å². The van der Waals surface area contributed by atoms with Crippen LogP contribution in [0.2, 0.25) is 0 Å². The standard InChI is InChI=1S/C28H32N2O4.2ClH/c1-17-9-23-25(11-19(17)3)33-15-21(27(23)31)13-29(5)7-8-30(6)14-22-16-34-26-12-20(4)18(2)10-24(26)28(22)32;;/h9-12,15-16H,7-8,13-14H2,1-6H3;2*1H. The molecule has 0 aliphatic rings. The molecule has 2 aromatic carbocycles. The van der Waals surface area contributed by atoms with Crippen molar-refractivity contribution in [3.8, 4) is 0 Å². The third-order valence-electron chi connectivity index (χ3n) is 6.66. The molecule has 0 N–H and O–H groups in total. The topological polar surface area (TPSA) is 66.9 Å². The molecule has 0 spiro atoms. The molecule has 6 nitrogen and oxygen atoms in total. The molecule has 4 aromatic rings. The van der Waals surface area contributed by atoms with Crippen molar-refractivity contribution in [1.29, 1.82) is 0 Å². The van der Waals surface area contributed by atoms with Gasteiger partial charge in [0.25, 0.3) is 0 Å². The largest absolute Gasteiger partial charge is 0.464 e. The predicted molar refractivity (Wildman–Crippen MR) is 151 cm³/mol. The summed E-state index contributed by atoms with van der Waals surface area (Å²) in [6.07, 6.45) is 3.15. The highest BCUT2D eigenvalue weighted by Gasteiger charge is 2.13. The summed E-state index contributed by atoms with van der Waals surface area (Å²) in [4.78, 5) is 30.1. The Balaban J connectivity index is 0.00000228. The molecular weight excluding hydrogens is 499 g/mol. The molecule has 194 valence electrons. The van der Waals surface area contributed by atoms with Gasteiger partial charge in [-0.15, -0.1) is 24.8 Å². The number of benzene rings is 2. The fraction of sp³-hybridized carbons (Fsp3) is 0.357. The van der Waals surface area contributed by atoms with Gasteiger partial charge in [0, 0.05) is 37.3 Å². The third-order valence-corrected chi connectivity index (χ3v) is 6.66. The summed E-state index contributed by atoms with van der Waals surface area (Å²) < 4.78 is 11.5. The number of fused-ring (bicyclic) bond motifs is 2. The lowest BCUT2D eigenvalue weighted by atomic mass is 10.1. The van der Waals surface area contributed by atoms with Crippen LogP contribution in [0.3, 0.4) is 0 Å². The van der Waals surface area contributed by atoms with Gasteiger partial charge < -0.3 is 18.6 Å². The van der Waals surface area contributed by atoms with Gasteiger partial charge in [-0.25, -0.2) is 0 Å². The van der Waals surface area contributed by atoms with Gasteiger partial charge >= 0.3 is 0 Å². The highest BCUT2D eigenvalue weighted by Crippen LogP contribution is 2.19. The first-order valence-electron chi connectivity index (χ1n) is 11.5. The molecule has 4 rings (SSSR count). The molecule has 0 saturated carbocycles. The molecule has 8 heteroatoms. The smallest absolute Gasteiger partial charge is 0.197 e. The molecular formula is C28H34Cl2N2O4. The van der Waals surface area contributed by atoms with Crippen LogP contribution in [-0.2, 0) is 13.1 Å². The Morgan fingerprint density at radius 2 is 0.944 bits per heavy atom. The van der Waals surface area contributed by atoms with Gasteiger partial charge in [0.05, 0.1) is 23.3 Å². The van der Waals surface area contributed by atoms with Crippen LogP contribution in [0.15, 0.2) is 55.2 Å². The van der Waals surface area contributed by atoms with Crippen molar-refractivity contribution in [2.75, 3.05) is 27.2 Å². The SMILES string of the molecule is Cc1cc2occ(CN(C)CCN(C)Cc3coc4cc(C)c(C)cc4c3=O)c(=O)c2cc1C.Cl.Cl. The number of hydrogen-bond acceptors (Lipinski definition) is 6. The lowest BCUT2D eigenvalue weighted by Gasteiger charge is -2.21. The van der Waals surface area contributed by atoms with E-state index in [1.54, 1.807) is 12.5 Å². The first-order chi connectivity index (χ1) is 16.1. The summed E-state index contributed by atoms with van der Waals surface area (Å²) in [7, 11) is 3.96. The second kappa shape index (κ2) is 12.1. The van der Waals surface area contributed by atoms with E-state index in [9.17, 15) is 9.59 Å². The second-order valence-corrected chi connectivity index (χ2v) is 9.52. The lowest BCUT2D eigenvalue weighted by Crippen LogP contribution is -2.32. The second-order valence-electron chi connectivity index (χ2n) is 9.52. The number of nitrogens with zero attached hydrogens (tertiary/aromatic N) is 2. The van der Waals surface area contributed by atoms with Crippen molar-refractivity contribution < 1.29 is 8.83 Å². The Morgan fingerprint density at radius 3 is 1.31 bits per heavy atom. The molecule has 0 saturated heterocycles. The minimum Gasteiger partial charge on any atom is -0.464 e. The monoisotopic (exact) mass is 532 g/mol. The number of rotatable bonds is 7. The number of likely N-dealkylation sites (N-methyl/N-ethyl adjacent to an activating group) is 2. The Hall–Kier alpha value is -2.64. The number of aryl methyl sites for hydroxylation is 4. The van der Waals surface area contributed by atoms with E-state index in [1.807, 2.05) is 66.1 Å². The van der Waals surface area contributed by atoms with Crippen LogP contribution in [-0.4, -0.2) is 37.0 Å². The first kappa shape index (κ1) is 29.6. The third kappa shape index (κ3) is 6.19. The molecule has 0 fully saturated rings. The van der Waals surface area contributed by atoms with Gasteiger partial charge in [0.1, 0.15) is 11.2 Å². The van der Waals surface area contributed by atoms with Gasteiger partial charge in [-0.1, -0.05) is 0 Å².